The molecule has 2 aromatic heterocycles. The third-order valence-electron chi connectivity index (χ3n) is 5.01. The molecule has 0 saturated carbocycles. The number of carbonyl (C=O) groups excluding carboxylic acids is 1. The Bertz CT molecular complexity index is 928. The van der Waals surface area contributed by atoms with E-state index in [1.807, 2.05) is 89.4 Å². The van der Waals surface area contributed by atoms with Crippen LogP contribution in [0.1, 0.15) is 10.4 Å². The predicted octanol–water partition coefficient (Wildman–Crippen LogP) is 2.30. The molecule has 3 heterocycles. The Morgan fingerprint density at radius 2 is 1.57 bits per heavy atom. The minimum atomic E-state index is 0.0809. The number of rotatable bonds is 4. The van der Waals surface area contributed by atoms with Crippen molar-refractivity contribution in [3.05, 3.63) is 66.5 Å². The quantitative estimate of drug-likeness (QED) is 0.699. The van der Waals surface area contributed by atoms with E-state index in [0.717, 1.165) is 36.0 Å². The van der Waals surface area contributed by atoms with E-state index >= 15 is 0 Å². The summed E-state index contributed by atoms with van der Waals surface area (Å²) < 4.78 is 1.93. The molecule has 1 aliphatic heterocycles. The molecule has 0 spiro atoms. The summed E-state index contributed by atoms with van der Waals surface area (Å²) in [4.78, 5) is 18.9. The van der Waals surface area contributed by atoms with E-state index < -0.39 is 0 Å². The lowest BCUT2D eigenvalue weighted by molar-refractivity contribution is 0.0746. The Morgan fingerprint density at radius 3 is 2.21 bits per heavy atom. The Labute approximate surface area is 164 Å². The first-order valence-corrected chi connectivity index (χ1v) is 9.40. The van der Waals surface area contributed by atoms with Gasteiger partial charge in [0.25, 0.3) is 5.91 Å². The normalized spacial score (nSPS) is 14.2. The third kappa shape index (κ3) is 3.69. The van der Waals surface area contributed by atoms with E-state index in [1.54, 1.807) is 0 Å². The van der Waals surface area contributed by atoms with Crippen molar-refractivity contribution in [2.24, 2.45) is 0 Å². The molecule has 28 heavy (non-hydrogen) atoms. The van der Waals surface area contributed by atoms with Gasteiger partial charge >= 0.3 is 0 Å². The molecule has 0 atom stereocenters. The Balaban J connectivity index is 1.39. The molecule has 1 aromatic carbocycles. The molecule has 4 rings (SSSR count). The highest BCUT2D eigenvalue weighted by atomic mass is 16.2. The molecule has 7 heteroatoms. The van der Waals surface area contributed by atoms with Gasteiger partial charge in [0, 0.05) is 63.9 Å². The Kier molecular flexibility index (Phi) is 4.97. The maximum Gasteiger partial charge on any atom is 0.254 e. The van der Waals surface area contributed by atoms with Gasteiger partial charge in [0.05, 0.1) is 0 Å². The van der Waals surface area contributed by atoms with Gasteiger partial charge in [0.2, 0.25) is 0 Å². The number of anilines is 2. The summed E-state index contributed by atoms with van der Waals surface area (Å²) in [5.41, 5.74) is 1.76. The number of piperazine rings is 1. The number of amides is 1. The fraction of sp³-hybridized carbons (Fsp3) is 0.286. The van der Waals surface area contributed by atoms with Gasteiger partial charge in [-0.1, -0.05) is 6.07 Å². The van der Waals surface area contributed by atoms with E-state index in [0.29, 0.717) is 13.1 Å². The summed E-state index contributed by atoms with van der Waals surface area (Å²) in [5.74, 6) is 1.72. The van der Waals surface area contributed by atoms with Crippen LogP contribution in [-0.4, -0.2) is 65.8 Å². The predicted molar refractivity (Wildman–Crippen MR) is 110 cm³/mol. The zero-order chi connectivity index (χ0) is 19.5. The summed E-state index contributed by atoms with van der Waals surface area (Å²) in [5, 5.41) is 8.67. The highest BCUT2D eigenvalue weighted by Crippen LogP contribution is 2.18. The lowest BCUT2D eigenvalue weighted by Crippen LogP contribution is -2.49. The van der Waals surface area contributed by atoms with Crippen molar-refractivity contribution in [1.29, 1.82) is 0 Å². The Hall–Kier alpha value is -3.35. The van der Waals surface area contributed by atoms with Gasteiger partial charge in [0.1, 0.15) is 0 Å². The van der Waals surface area contributed by atoms with Crippen molar-refractivity contribution in [2.45, 2.75) is 0 Å². The second-order valence-corrected chi connectivity index (χ2v) is 7.06. The molecule has 0 radical (unpaired) electrons. The summed E-state index contributed by atoms with van der Waals surface area (Å²) in [6.07, 6.45) is 3.89. The van der Waals surface area contributed by atoms with Crippen molar-refractivity contribution in [3.8, 4) is 5.82 Å². The van der Waals surface area contributed by atoms with E-state index in [1.165, 1.54) is 0 Å². The summed E-state index contributed by atoms with van der Waals surface area (Å²) in [7, 11) is 3.95. The summed E-state index contributed by atoms with van der Waals surface area (Å²) in [6.45, 7) is 2.84. The van der Waals surface area contributed by atoms with Crippen LogP contribution < -0.4 is 9.80 Å². The molecule has 0 aliphatic carbocycles. The number of benzene rings is 1. The van der Waals surface area contributed by atoms with Crippen molar-refractivity contribution < 1.29 is 4.79 Å². The van der Waals surface area contributed by atoms with Gasteiger partial charge < -0.3 is 19.3 Å². The maximum absolute atomic E-state index is 12.9. The Morgan fingerprint density at radius 1 is 0.893 bits per heavy atom. The van der Waals surface area contributed by atoms with Gasteiger partial charge in [0.15, 0.2) is 11.6 Å². The molecular weight excluding hydrogens is 352 g/mol. The lowest BCUT2D eigenvalue weighted by Gasteiger charge is -2.35. The van der Waals surface area contributed by atoms with E-state index in [9.17, 15) is 4.79 Å². The highest BCUT2D eigenvalue weighted by Gasteiger charge is 2.23. The second kappa shape index (κ2) is 7.72. The van der Waals surface area contributed by atoms with Crippen LogP contribution in [0.15, 0.2) is 60.9 Å². The number of nitrogens with zero attached hydrogens (tertiary/aromatic N) is 6. The minimum Gasteiger partial charge on any atom is -0.378 e. The third-order valence-corrected chi connectivity index (χ3v) is 5.01. The molecule has 3 aromatic rings. The molecule has 0 bridgehead atoms. The molecule has 1 amide bonds. The number of aromatic nitrogens is 3. The lowest BCUT2D eigenvalue weighted by atomic mass is 10.1. The van der Waals surface area contributed by atoms with Crippen LogP contribution in [0.3, 0.4) is 0 Å². The van der Waals surface area contributed by atoms with Crippen LogP contribution in [0.4, 0.5) is 11.5 Å². The SMILES string of the molecule is CN(C)c1cccc(C(=O)N2CCN(c3ccc(-n4cccc4)nn3)CC2)c1. The van der Waals surface area contributed by atoms with Crippen LogP contribution >= 0.6 is 0 Å². The van der Waals surface area contributed by atoms with E-state index in [-0.39, 0.29) is 5.91 Å². The first-order valence-electron chi connectivity index (χ1n) is 9.40. The average Bonchev–Trinajstić information content (AvgIpc) is 3.28. The summed E-state index contributed by atoms with van der Waals surface area (Å²) >= 11 is 0. The van der Waals surface area contributed by atoms with Gasteiger partial charge in [-0.2, -0.15) is 0 Å². The monoisotopic (exact) mass is 376 g/mol. The van der Waals surface area contributed by atoms with Crippen molar-refractivity contribution >= 4 is 17.4 Å². The number of hydrogen-bond acceptors (Lipinski definition) is 5. The second-order valence-electron chi connectivity index (χ2n) is 7.06. The first kappa shape index (κ1) is 18.0. The fourth-order valence-corrected chi connectivity index (χ4v) is 3.35. The number of hydrogen-bond donors (Lipinski definition) is 0. The van der Waals surface area contributed by atoms with Crippen LogP contribution in [0.2, 0.25) is 0 Å². The summed E-state index contributed by atoms with van der Waals surface area (Å²) in [6, 6.07) is 15.6. The number of carbonyl (C=O) groups is 1. The fourth-order valence-electron chi connectivity index (χ4n) is 3.35. The minimum absolute atomic E-state index is 0.0809. The molecule has 144 valence electrons. The van der Waals surface area contributed by atoms with Crippen LogP contribution in [-0.2, 0) is 0 Å². The molecule has 1 aliphatic rings. The van der Waals surface area contributed by atoms with Gasteiger partial charge in [-0.3, -0.25) is 4.79 Å². The van der Waals surface area contributed by atoms with Crippen LogP contribution in [0.5, 0.6) is 0 Å². The highest BCUT2D eigenvalue weighted by molar-refractivity contribution is 5.95. The van der Waals surface area contributed by atoms with Gasteiger partial charge in [-0.25, -0.2) is 0 Å². The molecule has 0 unspecified atom stereocenters. The van der Waals surface area contributed by atoms with E-state index in [2.05, 4.69) is 15.1 Å². The molecule has 7 nitrogen and oxygen atoms in total. The van der Waals surface area contributed by atoms with Crippen molar-refractivity contribution in [2.75, 3.05) is 50.1 Å². The topological polar surface area (TPSA) is 57.5 Å². The van der Waals surface area contributed by atoms with Crippen molar-refractivity contribution in [1.82, 2.24) is 19.7 Å². The van der Waals surface area contributed by atoms with E-state index in [4.69, 9.17) is 0 Å². The standard InChI is InChI=1S/C21H24N6O/c1-24(2)18-7-5-6-17(16-18)21(28)27-14-12-26(13-15-27)20-9-8-19(22-23-20)25-10-3-4-11-25/h3-11,16H,12-15H2,1-2H3. The zero-order valence-electron chi connectivity index (χ0n) is 16.2. The maximum atomic E-state index is 12.9. The average molecular weight is 376 g/mol. The largest absolute Gasteiger partial charge is 0.378 e. The molecule has 0 N–H and O–H groups in total. The first-order chi connectivity index (χ1) is 13.6. The molecule has 1 saturated heterocycles. The van der Waals surface area contributed by atoms with Crippen LogP contribution in [0.25, 0.3) is 5.82 Å². The van der Waals surface area contributed by atoms with Gasteiger partial charge in [-0.15, -0.1) is 10.2 Å². The molecular formula is C21H24N6O. The molecule has 1 fully saturated rings. The zero-order valence-corrected chi connectivity index (χ0v) is 16.2. The van der Waals surface area contributed by atoms with Crippen LogP contribution in [0, 0.1) is 0 Å². The van der Waals surface area contributed by atoms with Gasteiger partial charge in [-0.05, 0) is 42.5 Å². The smallest absolute Gasteiger partial charge is 0.254 e. The van der Waals surface area contributed by atoms with Crippen molar-refractivity contribution in [3.63, 3.8) is 0 Å².